The van der Waals surface area contributed by atoms with E-state index in [4.69, 9.17) is 11.6 Å². The molecule has 1 heterocycles. The molecular formula is C17H12ClN7O5. The number of hydrazine groups is 1. The number of rotatable bonds is 7. The molecule has 0 fully saturated rings. The largest absolute Gasteiger partial charge is 0.355 e. The van der Waals surface area contributed by atoms with Crippen LogP contribution in [0.4, 0.5) is 28.7 Å². The molecule has 0 radical (unpaired) electrons. The molecule has 3 rings (SSSR count). The number of amides is 1. The van der Waals surface area contributed by atoms with Gasteiger partial charge in [0, 0.05) is 16.8 Å². The van der Waals surface area contributed by atoms with Gasteiger partial charge in [-0.15, -0.1) is 0 Å². The number of hydrogen-bond acceptors (Lipinski definition) is 9. The highest BCUT2D eigenvalue weighted by atomic mass is 35.5. The number of nitro groups is 2. The maximum atomic E-state index is 12.3. The Labute approximate surface area is 173 Å². The van der Waals surface area contributed by atoms with Gasteiger partial charge in [0.2, 0.25) is 11.6 Å². The van der Waals surface area contributed by atoms with E-state index in [9.17, 15) is 25.0 Å². The number of aromatic nitrogens is 2. The van der Waals surface area contributed by atoms with Crippen LogP contribution in [0, 0.1) is 20.2 Å². The molecule has 1 aromatic heterocycles. The van der Waals surface area contributed by atoms with Gasteiger partial charge in [-0.2, -0.15) is 0 Å². The van der Waals surface area contributed by atoms with Crippen LogP contribution >= 0.6 is 11.6 Å². The number of benzene rings is 2. The van der Waals surface area contributed by atoms with Crippen molar-refractivity contribution in [3.05, 3.63) is 85.7 Å². The molecule has 3 aromatic rings. The van der Waals surface area contributed by atoms with Gasteiger partial charge in [-0.3, -0.25) is 35.9 Å². The summed E-state index contributed by atoms with van der Waals surface area (Å²) in [5.41, 5.74) is 3.72. The fraction of sp³-hybridized carbons (Fsp3) is 0. The maximum Gasteiger partial charge on any atom is 0.355 e. The zero-order chi connectivity index (χ0) is 21.7. The summed E-state index contributed by atoms with van der Waals surface area (Å²) in [5.74, 6) is -1.36. The summed E-state index contributed by atoms with van der Waals surface area (Å²) in [6.07, 6.45) is 1.04. The second-order valence-electron chi connectivity index (χ2n) is 5.67. The molecule has 2 aromatic carbocycles. The molecule has 0 saturated carbocycles. The van der Waals surface area contributed by atoms with Crippen molar-refractivity contribution in [3.8, 4) is 0 Å². The molecular weight excluding hydrogens is 418 g/mol. The highest BCUT2D eigenvalue weighted by Crippen LogP contribution is 2.31. The van der Waals surface area contributed by atoms with Crippen molar-refractivity contribution in [2.75, 3.05) is 10.7 Å². The Morgan fingerprint density at radius 2 is 1.70 bits per heavy atom. The number of carbonyl (C=O) groups is 1. The number of halogens is 1. The minimum Gasteiger partial charge on any atom is -0.334 e. The number of hydrogen-bond donors (Lipinski definition) is 3. The van der Waals surface area contributed by atoms with Crippen LogP contribution in [-0.4, -0.2) is 25.7 Å². The Balaban J connectivity index is 1.85. The Bertz CT molecular complexity index is 1140. The van der Waals surface area contributed by atoms with Crippen LogP contribution in [0.15, 0.2) is 54.9 Å². The lowest BCUT2D eigenvalue weighted by molar-refractivity contribution is -0.385. The van der Waals surface area contributed by atoms with Gasteiger partial charge in [0.25, 0.3) is 11.6 Å². The summed E-state index contributed by atoms with van der Waals surface area (Å²) in [6, 6.07) is 11.7. The van der Waals surface area contributed by atoms with E-state index in [-0.39, 0.29) is 17.2 Å². The molecule has 0 aliphatic heterocycles. The first-order chi connectivity index (χ1) is 14.4. The van der Waals surface area contributed by atoms with Crippen molar-refractivity contribution in [1.82, 2.24) is 15.4 Å². The van der Waals surface area contributed by atoms with Gasteiger partial charge in [-0.1, -0.05) is 29.8 Å². The quantitative estimate of drug-likeness (QED) is 0.376. The zero-order valence-electron chi connectivity index (χ0n) is 14.9. The van der Waals surface area contributed by atoms with Crippen LogP contribution in [0.25, 0.3) is 0 Å². The van der Waals surface area contributed by atoms with Crippen LogP contribution in [0.3, 0.4) is 0 Å². The molecule has 0 aliphatic rings. The Kier molecular flexibility index (Phi) is 5.98. The summed E-state index contributed by atoms with van der Waals surface area (Å²) in [4.78, 5) is 41.1. The molecule has 12 nitrogen and oxygen atoms in total. The van der Waals surface area contributed by atoms with Crippen LogP contribution in [0.1, 0.15) is 10.4 Å². The fourth-order valence-electron chi connectivity index (χ4n) is 2.45. The van der Waals surface area contributed by atoms with Gasteiger partial charge in [-0.25, -0.2) is 9.97 Å². The van der Waals surface area contributed by atoms with Crippen LogP contribution in [-0.2, 0) is 0 Å². The van der Waals surface area contributed by atoms with Gasteiger partial charge in [0.1, 0.15) is 11.9 Å². The van der Waals surface area contributed by atoms with E-state index in [0.29, 0.717) is 10.7 Å². The molecule has 0 aliphatic carbocycles. The van der Waals surface area contributed by atoms with Crippen molar-refractivity contribution in [1.29, 1.82) is 0 Å². The zero-order valence-corrected chi connectivity index (χ0v) is 15.7. The predicted molar refractivity (Wildman–Crippen MR) is 108 cm³/mol. The summed E-state index contributed by atoms with van der Waals surface area (Å²) >= 11 is 5.91. The van der Waals surface area contributed by atoms with Crippen LogP contribution < -0.4 is 16.2 Å². The third-order valence-electron chi connectivity index (χ3n) is 3.73. The topological polar surface area (TPSA) is 165 Å². The van der Waals surface area contributed by atoms with Crippen molar-refractivity contribution >= 4 is 46.2 Å². The number of para-hydroxylation sites is 1. The number of nitrogens with zero attached hydrogens (tertiary/aromatic N) is 4. The summed E-state index contributed by atoms with van der Waals surface area (Å²) in [7, 11) is 0. The van der Waals surface area contributed by atoms with Gasteiger partial charge >= 0.3 is 5.69 Å². The summed E-state index contributed by atoms with van der Waals surface area (Å²) in [6.45, 7) is 0. The minimum absolute atomic E-state index is 0.153. The molecule has 152 valence electrons. The maximum absolute atomic E-state index is 12.3. The minimum atomic E-state index is -0.875. The van der Waals surface area contributed by atoms with E-state index in [1.165, 1.54) is 24.3 Å². The normalized spacial score (nSPS) is 10.2. The fourth-order valence-corrected chi connectivity index (χ4v) is 2.64. The number of nitrogens with one attached hydrogen (secondary N) is 3. The van der Waals surface area contributed by atoms with E-state index >= 15 is 0 Å². The smallest absolute Gasteiger partial charge is 0.334 e. The highest BCUT2D eigenvalue weighted by molar-refractivity contribution is 6.30. The Morgan fingerprint density at radius 1 is 0.967 bits per heavy atom. The average Bonchev–Trinajstić information content (AvgIpc) is 2.71. The lowest BCUT2D eigenvalue weighted by Gasteiger charge is -2.11. The van der Waals surface area contributed by atoms with Gasteiger partial charge in [0.15, 0.2) is 0 Å². The van der Waals surface area contributed by atoms with Crippen LogP contribution in [0.2, 0.25) is 5.02 Å². The highest BCUT2D eigenvalue weighted by Gasteiger charge is 2.25. The van der Waals surface area contributed by atoms with Crippen molar-refractivity contribution in [3.63, 3.8) is 0 Å². The van der Waals surface area contributed by atoms with E-state index in [0.717, 1.165) is 12.4 Å². The van der Waals surface area contributed by atoms with E-state index < -0.39 is 27.1 Å². The van der Waals surface area contributed by atoms with Crippen molar-refractivity contribution in [2.24, 2.45) is 0 Å². The molecule has 13 heteroatoms. The predicted octanol–water partition coefficient (Wildman–Crippen LogP) is 3.45. The van der Waals surface area contributed by atoms with Crippen molar-refractivity contribution in [2.45, 2.75) is 0 Å². The molecule has 0 unspecified atom stereocenters. The third kappa shape index (κ3) is 4.56. The summed E-state index contributed by atoms with van der Waals surface area (Å²) in [5, 5.41) is 25.8. The van der Waals surface area contributed by atoms with Gasteiger partial charge < -0.3 is 5.32 Å². The monoisotopic (exact) mass is 429 g/mol. The van der Waals surface area contributed by atoms with E-state index in [2.05, 4.69) is 26.1 Å². The van der Waals surface area contributed by atoms with Gasteiger partial charge in [0.05, 0.1) is 9.85 Å². The number of nitro benzene ring substituents is 1. The molecule has 0 saturated heterocycles. The molecule has 0 bridgehead atoms. The molecule has 0 atom stereocenters. The lowest BCUT2D eigenvalue weighted by Crippen LogP contribution is -2.30. The second-order valence-corrected chi connectivity index (χ2v) is 6.10. The first-order valence-electron chi connectivity index (χ1n) is 8.18. The van der Waals surface area contributed by atoms with Crippen LogP contribution in [0.5, 0.6) is 0 Å². The van der Waals surface area contributed by atoms with Gasteiger partial charge in [-0.05, 0) is 24.3 Å². The molecule has 0 spiro atoms. The SMILES string of the molecule is O=C(NNc1ncnc(Nc2cccc(Cl)c2)c1[N+](=O)[O-])c1ccccc1[N+](=O)[O-]. The Hall–Kier alpha value is -4.32. The first kappa shape index (κ1) is 20.4. The lowest BCUT2D eigenvalue weighted by atomic mass is 10.2. The molecule has 3 N–H and O–H groups in total. The Morgan fingerprint density at radius 3 is 2.40 bits per heavy atom. The summed E-state index contributed by atoms with van der Waals surface area (Å²) < 4.78 is 0. The number of carbonyl (C=O) groups excluding carboxylic acids is 1. The average molecular weight is 430 g/mol. The molecule has 30 heavy (non-hydrogen) atoms. The third-order valence-corrected chi connectivity index (χ3v) is 3.97. The van der Waals surface area contributed by atoms with E-state index in [1.807, 2.05) is 0 Å². The standard InChI is InChI=1S/C17H12ClN7O5/c18-10-4-3-5-11(8-10)21-15-14(25(29)30)16(20-9-19-15)22-23-17(26)12-6-1-2-7-13(12)24(27)28/h1-9H,(H,23,26)(H2,19,20,21,22). The molecule has 1 amide bonds. The number of anilines is 3. The second kappa shape index (κ2) is 8.79. The first-order valence-corrected chi connectivity index (χ1v) is 8.56. The van der Waals surface area contributed by atoms with E-state index in [1.54, 1.807) is 18.2 Å². The van der Waals surface area contributed by atoms with Crippen molar-refractivity contribution < 1.29 is 14.6 Å².